The number of amides is 1. The van der Waals surface area contributed by atoms with Crippen molar-refractivity contribution in [2.24, 2.45) is 5.92 Å². The number of aromatic amines is 1. The van der Waals surface area contributed by atoms with Crippen LogP contribution in [0, 0.1) is 12.8 Å². The molecule has 2 N–H and O–H groups in total. The minimum atomic E-state index is 0.00403. The van der Waals surface area contributed by atoms with Gasteiger partial charge in [0, 0.05) is 25.6 Å². The van der Waals surface area contributed by atoms with E-state index in [1.54, 1.807) is 0 Å². The zero-order valence-electron chi connectivity index (χ0n) is 11.9. The Kier molecular flexibility index (Phi) is 5.81. The highest BCUT2D eigenvalue weighted by molar-refractivity contribution is 7.99. The first-order chi connectivity index (χ1) is 9.63. The summed E-state index contributed by atoms with van der Waals surface area (Å²) in [5.41, 5.74) is 0. The molecule has 1 saturated heterocycles. The van der Waals surface area contributed by atoms with Gasteiger partial charge in [-0.25, -0.2) is 4.98 Å². The van der Waals surface area contributed by atoms with Crippen LogP contribution >= 0.6 is 11.8 Å². The number of thioether (sulfide) groups is 1. The maximum absolute atomic E-state index is 11.8. The van der Waals surface area contributed by atoms with E-state index < -0.39 is 0 Å². The molecule has 2 heterocycles. The second-order valence-corrected chi connectivity index (χ2v) is 5.94. The lowest BCUT2D eigenvalue weighted by Crippen LogP contribution is -2.36. The van der Waals surface area contributed by atoms with Crippen molar-refractivity contribution in [2.45, 2.75) is 12.1 Å². The topological polar surface area (TPSA) is 83.1 Å². The minimum absolute atomic E-state index is 0.00403. The minimum Gasteiger partial charge on any atom is -0.380 e. The van der Waals surface area contributed by atoms with Gasteiger partial charge in [-0.3, -0.25) is 9.89 Å². The van der Waals surface area contributed by atoms with E-state index in [0.29, 0.717) is 30.0 Å². The van der Waals surface area contributed by atoms with Crippen LogP contribution in [-0.4, -0.2) is 71.6 Å². The number of nitrogens with one attached hydrogen (secondary N) is 2. The van der Waals surface area contributed by atoms with E-state index in [4.69, 9.17) is 4.74 Å². The molecular formula is C12H21N5O2S. The number of carbonyl (C=O) groups excluding carboxylic acids is 1. The molecule has 1 atom stereocenters. The zero-order chi connectivity index (χ0) is 14.4. The number of ether oxygens (including phenoxy) is 1. The molecule has 0 saturated carbocycles. The number of hydrogen-bond acceptors (Lipinski definition) is 6. The Bertz CT molecular complexity index is 439. The molecule has 0 unspecified atom stereocenters. The fraction of sp³-hybridized carbons (Fsp3) is 0.750. The predicted octanol–water partition coefficient (Wildman–Crippen LogP) is -0.100. The molecule has 1 aromatic rings. The molecule has 2 rings (SSSR count). The van der Waals surface area contributed by atoms with Crippen molar-refractivity contribution in [3.05, 3.63) is 5.82 Å². The number of carbonyl (C=O) groups is 1. The second-order valence-electron chi connectivity index (χ2n) is 5.00. The van der Waals surface area contributed by atoms with E-state index in [0.717, 1.165) is 25.5 Å². The number of likely N-dealkylation sites (N-methyl/N-ethyl adjacent to an activating group) is 1. The smallest absolute Gasteiger partial charge is 0.230 e. The molecule has 20 heavy (non-hydrogen) atoms. The van der Waals surface area contributed by atoms with Crippen LogP contribution < -0.4 is 5.32 Å². The Labute approximate surface area is 122 Å². The van der Waals surface area contributed by atoms with Gasteiger partial charge >= 0.3 is 0 Å². The lowest BCUT2D eigenvalue weighted by atomic mass is 10.1. The average Bonchev–Trinajstić information content (AvgIpc) is 2.72. The Morgan fingerprint density at radius 3 is 3.25 bits per heavy atom. The summed E-state index contributed by atoms with van der Waals surface area (Å²) in [4.78, 5) is 18.2. The van der Waals surface area contributed by atoms with Crippen LogP contribution in [0.3, 0.4) is 0 Å². The highest BCUT2D eigenvalue weighted by atomic mass is 32.2. The van der Waals surface area contributed by atoms with E-state index in [2.05, 4.69) is 32.4 Å². The molecule has 7 nitrogen and oxygen atoms in total. The monoisotopic (exact) mass is 299 g/mol. The highest BCUT2D eigenvalue weighted by Gasteiger charge is 2.17. The normalized spacial score (nSPS) is 20.6. The molecule has 1 aromatic heterocycles. The Morgan fingerprint density at radius 2 is 2.50 bits per heavy atom. The van der Waals surface area contributed by atoms with E-state index in [1.165, 1.54) is 11.8 Å². The summed E-state index contributed by atoms with van der Waals surface area (Å²) >= 11 is 1.33. The van der Waals surface area contributed by atoms with Crippen molar-refractivity contribution in [3.63, 3.8) is 0 Å². The van der Waals surface area contributed by atoms with Crippen molar-refractivity contribution in [2.75, 3.05) is 45.6 Å². The van der Waals surface area contributed by atoms with E-state index in [1.807, 2.05) is 6.92 Å². The Morgan fingerprint density at radius 1 is 1.65 bits per heavy atom. The molecule has 1 aliphatic rings. The van der Waals surface area contributed by atoms with Crippen LogP contribution in [0.4, 0.5) is 0 Å². The molecule has 0 radical (unpaired) electrons. The average molecular weight is 299 g/mol. The van der Waals surface area contributed by atoms with Crippen LogP contribution in [0.2, 0.25) is 0 Å². The Balaban J connectivity index is 1.66. The molecule has 0 aliphatic carbocycles. The lowest BCUT2D eigenvalue weighted by Gasteiger charge is -2.19. The van der Waals surface area contributed by atoms with Gasteiger partial charge in [-0.2, -0.15) is 0 Å². The van der Waals surface area contributed by atoms with Crippen LogP contribution in [0.15, 0.2) is 5.16 Å². The van der Waals surface area contributed by atoms with Gasteiger partial charge in [0.1, 0.15) is 5.82 Å². The number of H-pyrrole nitrogens is 1. The quantitative estimate of drug-likeness (QED) is 0.739. The molecule has 0 bridgehead atoms. The summed E-state index contributed by atoms with van der Waals surface area (Å²) in [7, 11) is 2.07. The van der Waals surface area contributed by atoms with Crippen molar-refractivity contribution in [3.8, 4) is 0 Å². The van der Waals surface area contributed by atoms with Crippen molar-refractivity contribution < 1.29 is 9.53 Å². The Hall–Kier alpha value is -1.12. The van der Waals surface area contributed by atoms with Crippen molar-refractivity contribution >= 4 is 17.7 Å². The first-order valence-electron chi connectivity index (χ1n) is 6.68. The second kappa shape index (κ2) is 7.61. The maximum atomic E-state index is 11.8. The zero-order valence-corrected chi connectivity index (χ0v) is 12.7. The summed E-state index contributed by atoms with van der Waals surface area (Å²) in [6.45, 7) is 5.85. The fourth-order valence-electron chi connectivity index (χ4n) is 2.00. The number of hydrogen-bond donors (Lipinski definition) is 2. The summed E-state index contributed by atoms with van der Waals surface area (Å²) in [5.74, 6) is 1.44. The standard InChI is InChI=1S/C12H21N5O2S/c1-9-14-12(16-15-9)20-8-11(18)13-5-10-6-17(2)3-4-19-7-10/h10H,3-8H2,1-2H3,(H,13,18)(H,14,15,16)/t10-/m0/s1. The van der Waals surface area contributed by atoms with E-state index in [-0.39, 0.29) is 5.91 Å². The van der Waals surface area contributed by atoms with E-state index in [9.17, 15) is 4.79 Å². The van der Waals surface area contributed by atoms with Crippen LogP contribution in [-0.2, 0) is 9.53 Å². The SMILES string of the molecule is Cc1nc(SCC(=O)NC[C@@H]2COCCN(C)C2)n[nH]1. The molecule has 1 amide bonds. The van der Waals surface area contributed by atoms with Gasteiger partial charge in [0.25, 0.3) is 0 Å². The van der Waals surface area contributed by atoms with Crippen molar-refractivity contribution in [1.29, 1.82) is 0 Å². The largest absolute Gasteiger partial charge is 0.380 e. The third kappa shape index (κ3) is 5.10. The molecule has 8 heteroatoms. The van der Waals surface area contributed by atoms with Gasteiger partial charge in [0.05, 0.1) is 19.0 Å². The number of aromatic nitrogens is 3. The van der Waals surface area contributed by atoms with E-state index >= 15 is 0 Å². The fourth-order valence-corrected chi connectivity index (χ4v) is 2.68. The highest BCUT2D eigenvalue weighted by Crippen LogP contribution is 2.11. The first kappa shape index (κ1) is 15.3. The van der Waals surface area contributed by atoms with Gasteiger partial charge < -0.3 is 15.0 Å². The van der Waals surface area contributed by atoms with Crippen LogP contribution in [0.5, 0.6) is 0 Å². The summed E-state index contributed by atoms with van der Waals surface area (Å²) in [6.07, 6.45) is 0. The third-order valence-corrected chi connectivity index (χ3v) is 3.89. The number of aryl methyl sites for hydroxylation is 1. The van der Waals surface area contributed by atoms with Gasteiger partial charge in [0.2, 0.25) is 11.1 Å². The molecule has 0 spiro atoms. The molecular weight excluding hydrogens is 278 g/mol. The van der Waals surface area contributed by atoms with Gasteiger partial charge in [0.15, 0.2) is 0 Å². The predicted molar refractivity (Wildman–Crippen MR) is 76.7 cm³/mol. The number of rotatable bonds is 5. The molecule has 0 aromatic carbocycles. The molecule has 1 aliphatic heterocycles. The lowest BCUT2D eigenvalue weighted by molar-refractivity contribution is -0.118. The third-order valence-electron chi connectivity index (χ3n) is 3.04. The number of nitrogens with zero attached hydrogens (tertiary/aromatic N) is 3. The summed E-state index contributed by atoms with van der Waals surface area (Å²) in [6, 6.07) is 0. The molecule has 112 valence electrons. The molecule has 1 fully saturated rings. The van der Waals surface area contributed by atoms with Gasteiger partial charge in [-0.1, -0.05) is 11.8 Å². The van der Waals surface area contributed by atoms with Gasteiger partial charge in [-0.15, -0.1) is 5.10 Å². The summed E-state index contributed by atoms with van der Waals surface area (Å²) < 4.78 is 5.52. The first-order valence-corrected chi connectivity index (χ1v) is 7.67. The summed E-state index contributed by atoms with van der Waals surface area (Å²) in [5, 5.41) is 10.3. The van der Waals surface area contributed by atoms with Crippen LogP contribution in [0.1, 0.15) is 5.82 Å². The maximum Gasteiger partial charge on any atom is 0.230 e. The van der Waals surface area contributed by atoms with Crippen LogP contribution in [0.25, 0.3) is 0 Å². The van der Waals surface area contributed by atoms with Gasteiger partial charge in [-0.05, 0) is 14.0 Å². The van der Waals surface area contributed by atoms with Crippen molar-refractivity contribution in [1.82, 2.24) is 25.4 Å².